The van der Waals surface area contributed by atoms with E-state index in [4.69, 9.17) is 14.4 Å². The standard InChI is InChI=1S/C25H27BrF2N4O5/c26-18-9-7-16(8-10-18)21-12-23(37-32-21)31-25(35)36-15-19(5-1-2-11-33)30-22(34)14-29-13-17-4-3-6-20(27)24(17)28/h3-4,6-10,12,19,29,33H,1-2,5,11,13-15H2,(H,30,34)(H,31,35)/t19-/m0/s1. The van der Waals surface area contributed by atoms with Crippen molar-refractivity contribution in [3.05, 3.63) is 70.2 Å². The molecule has 0 radical (unpaired) electrons. The van der Waals surface area contributed by atoms with E-state index in [0.29, 0.717) is 25.0 Å². The predicted molar refractivity (Wildman–Crippen MR) is 136 cm³/mol. The van der Waals surface area contributed by atoms with Crippen molar-refractivity contribution in [1.82, 2.24) is 15.8 Å². The van der Waals surface area contributed by atoms with E-state index in [2.05, 4.69) is 37.0 Å². The zero-order valence-corrected chi connectivity index (χ0v) is 21.4. The summed E-state index contributed by atoms with van der Waals surface area (Å²) in [4.78, 5) is 24.6. The highest BCUT2D eigenvalue weighted by atomic mass is 79.9. The first-order chi connectivity index (χ1) is 17.9. The topological polar surface area (TPSA) is 126 Å². The summed E-state index contributed by atoms with van der Waals surface area (Å²) in [6.45, 7) is -0.329. The van der Waals surface area contributed by atoms with E-state index in [0.717, 1.165) is 16.1 Å². The second kappa shape index (κ2) is 14.4. The monoisotopic (exact) mass is 580 g/mol. The van der Waals surface area contributed by atoms with E-state index in [9.17, 15) is 18.4 Å². The van der Waals surface area contributed by atoms with Crippen LogP contribution in [0, 0.1) is 11.6 Å². The van der Waals surface area contributed by atoms with Crippen LogP contribution in [0.25, 0.3) is 11.3 Å². The van der Waals surface area contributed by atoms with Gasteiger partial charge < -0.3 is 25.0 Å². The van der Waals surface area contributed by atoms with Gasteiger partial charge in [0.2, 0.25) is 11.8 Å². The summed E-state index contributed by atoms with van der Waals surface area (Å²) >= 11 is 3.36. The minimum absolute atomic E-state index is 0.00500. The van der Waals surface area contributed by atoms with Gasteiger partial charge in [0, 0.05) is 34.8 Å². The van der Waals surface area contributed by atoms with Gasteiger partial charge in [-0.15, -0.1) is 0 Å². The SMILES string of the molecule is O=C(CNCc1cccc(F)c1F)N[C@@H](CCCCO)COC(=O)Nc1cc(-c2ccc(Br)cc2)no1. The van der Waals surface area contributed by atoms with Gasteiger partial charge in [0.15, 0.2) is 11.6 Å². The number of aliphatic hydroxyl groups is 1. The van der Waals surface area contributed by atoms with Crippen LogP contribution in [0.15, 0.2) is 57.5 Å². The zero-order chi connectivity index (χ0) is 26.6. The molecule has 2 aromatic carbocycles. The van der Waals surface area contributed by atoms with E-state index in [-0.39, 0.29) is 37.8 Å². The average molecular weight is 581 g/mol. The van der Waals surface area contributed by atoms with Gasteiger partial charge in [-0.3, -0.25) is 10.1 Å². The van der Waals surface area contributed by atoms with E-state index >= 15 is 0 Å². The molecule has 198 valence electrons. The van der Waals surface area contributed by atoms with Crippen molar-refractivity contribution in [2.75, 3.05) is 25.1 Å². The Balaban J connectivity index is 1.46. The molecule has 0 saturated heterocycles. The molecule has 0 spiro atoms. The van der Waals surface area contributed by atoms with Crippen molar-refractivity contribution in [3.63, 3.8) is 0 Å². The first kappa shape index (κ1) is 28.2. The molecule has 0 aliphatic rings. The first-order valence-electron chi connectivity index (χ1n) is 11.6. The van der Waals surface area contributed by atoms with Crippen molar-refractivity contribution in [3.8, 4) is 11.3 Å². The lowest BCUT2D eigenvalue weighted by atomic mass is 10.1. The molecular weight excluding hydrogens is 554 g/mol. The van der Waals surface area contributed by atoms with Gasteiger partial charge in [-0.2, -0.15) is 0 Å². The quantitative estimate of drug-likeness (QED) is 0.221. The third-order valence-corrected chi connectivity index (χ3v) is 5.78. The Morgan fingerprint density at radius 3 is 2.68 bits per heavy atom. The number of nitrogens with zero attached hydrogens (tertiary/aromatic N) is 1. The van der Waals surface area contributed by atoms with Crippen LogP contribution in [0.4, 0.5) is 19.5 Å². The Labute approximate surface area is 220 Å². The molecule has 3 rings (SSSR count). The third kappa shape index (κ3) is 9.23. The highest BCUT2D eigenvalue weighted by molar-refractivity contribution is 9.10. The van der Waals surface area contributed by atoms with Crippen LogP contribution in [0.5, 0.6) is 0 Å². The number of rotatable bonds is 13. The molecular formula is C25H27BrF2N4O5. The molecule has 0 saturated carbocycles. The molecule has 37 heavy (non-hydrogen) atoms. The number of ether oxygens (including phenoxy) is 1. The Morgan fingerprint density at radius 2 is 1.92 bits per heavy atom. The maximum atomic E-state index is 13.7. The molecule has 0 bridgehead atoms. The summed E-state index contributed by atoms with van der Waals surface area (Å²) < 4.78 is 38.3. The summed E-state index contributed by atoms with van der Waals surface area (Å²) in [6, 6.07) is 12.2. The van der Waals surface area contributed by atoms with Crippen LogP contribution in [-0.2, 0) is 16.1 Å². The normalized spacial score (nSPS) is 11.7. The molecule has 0 fully saturated rings. The number of benzene rings is 2. The lowest BCUT2D eigenvalue weighted by Crippen LogP contribution is -2.43. The molecule has 1 heterocycles. The maximum absolute atomic E-state index is 13.7. The molecule has 0 aliphatic carbocycles. The minimum atomic E-state index is -0.965. The van der Waals surface area contributed by atoms with Crippen molar-refractivity contribution >= 4 is 33.8 Å². The molecule has 12 heteroatoms. The van der Waals surface area contributed by atoms with Crippen LogP contribution in [0.3, 0.4) is 0 Å². The van der Waals surface area contributed by atoms with Crippen molar-refractivity contribution < 1.29 is 32.7 Å². The number of hydrogen-bond donors (Lipinski definition) is 4. The number of aliphatic hydroxyl groups excluding tert-OH is 1. The van der Waals surface area contributed by atoms with Gasteiger partial charge in [0.1, 0.15) is 12.3 Å². The zero-order valence-electron chi connectivity index (χ0n) is 19.8. The van der Waals surface area contributed by atoms with Crippen molar-refractivity contribution in [2.45, 2.75) is 31.8 Å². The van der Waals surface area contributed by atoms with Gasteiger partial charge in [-0.1, -0.05) is 45.4 Å². The fourth-order valence-electron chi connectivity index (χ4n) is 3.38. The Morgan fingerprint density at radius 1 is 1.14 bits per heavy atom. The number of nitrogens with one attached hydrogen (secondary N) is 3. The Hall–Kier alpha value is -3.35. The van der Waals surface area contributed by atoms with Crippen molar-refractivity contribution in [1.29, 1.82) is 0 Å². The van der Waals surface area contributed by atoms with E-state index in [1.165, 1.54) is 12.1 Å². The minimum Gasteiger partial charge on any atom is -0.447 e. The summed E-state index contributed by atoms with van der Waals surface area (Å²) in [5.74, 6) is -2.24. The van der Waals surface area contributed by atoms with Crippen molar-refractivity contribution in [2.24, 2.45) is 0 Å². The predicted octanol–water partition coefficient (Wildman–Crippen LogP) is 4.37. The summed E-state index contributed by atoms with van der Waals surface area (Å²) in [7, 11) is 0. The average Bonchev–Trinajstić information content (AvgIpc) is 3.34. The highest BCUT2D eigenvalue weighted by Gasteiger charge is 2.17. The van der Waals surface area contributed by atoms with Gasteiger partial charge >= 0.3 is 6.09 Å². The molecule has 1 atom stereocenters. The Bertz CT molecular complexity index is 1180. The molecule has 1 aromatic heterocycles. The lowest BCUT2D eigenvalue weighted by Gasteiger charge is -2.19. The molecule has 0 unspecified atom stereocenters. The van der Waals surface area contributed by atoms with Crippen LogP contribution < -0.4 is 16.0 Å². The van der Waals surface area contributed by atoms with E-state index < -0.39 is 29.7 Å². The third-order valence-electron chi connectivity index (χ3n) is 5.25. The van der Waals surface area contributed by atoms with Crippen LogP contribution in [0.2, 0.25) is 0 Å². The molecule has 2 amide bonds. The fraction of sp³-hybridized carbons (Fsp3) is 0.320. The fourth-order valence-corrected chi connectivity index (χ4v) is 3.64. The van der Waals surface area contributed by atoms with Gasteiger partial charge in [0.25, 0.3) is 0 Å². The number of anilines is 1. The van der Waals surface area contributed by atoms with Gasteiger partial charge in [-0.05, 0) is 37.5 Å². The smallest absolute Gasteiger partial charge is 0.414 e. The second-order valence-electron chi connectivity index (χ2n) is 8.11. The number of unbranched alkanes of at least 4 members (excludes halogenated alkanes) is 1. The number of amides is 2. The lowest BCUT2D eigenvalue weighted by molar-refractivity contribution is -0.121. The number of aromatic nitrogens is 1. The van der Waals surface area contributed by atoms with Crippen LogP contribution >= 0.6 is 15.9 Å². The Kier molecular flexibility index (Phi) is 11.0. The first-order valence-corrected chi connectivity index (χ1v) is 12.3. The molecule has 0 aliphatic heterocycles. The second-order valence-corrected chi connectivity index (χ2v) is 9.02. The molecule has 3 aromatic rings. The molecule has 4 N–H and O–H groups in total. The van der Waals surface area contributed by atoms with E-state index in [1.807, 2.05) is 24.3 Å². The van der Waals surface area contributed by atoms with Crippen LogP contribution in [-0.4, -0.2) is 48.1 Å². The summed E-state index contributed by atoms with van der Waals surface area (Å²) in [5.41, 5.74) is 1.43. The summed E-state index contributed by atoms with van der Waals surface area (Å²) in [6.07, 6.45) is 0.771. The van der Waals surface area contributed by atoms with Gasteiger partial charge in [0.05, 0.1) is 12.6 Å². The van der Waals surface area contributed by atoms with Crippen LogP contribution in [0.1, 0.15) is 24.8 Å². The number of carbonyl (C=O) groups excluding carboxylic acids is 2. The number of halogens is 3. The largest absolute Gasteiger partial charge is 0.447 e. The summed E-state index contributed by atoms with van der Waals surface area (Å²) in [5, 5.41) is 20.9. The number of hydrogen-bond acceptors (Lipinski definition) is 7. The maximum Gasteiger partial charge on any atom is 0.414 e. The molecule has 9 nitrogen and oxygen atoms in total. The number of carbonyl (C=O) groups is 2. The highest BCUT2D eigenvalue weighted by Crippen LogP contribution is 2.23. The van der Waals surface area contributed by atoms with Gasteiger partial charge in [-0.25, -0.2) is 13.6 Å². The van der Waals surface area contributed by atoms with E-state index in [1.54, 1.807) is 6.07 Å².